The summed E-state index contributed by atoms with van der Waals surface area (Å²) >= 11 is 0. The molecule has 2 unspecified atom stereocenters. The van der Waals surface area contributed by atoms with Gasteiger partial charge in [0.2, 0.25) is 0 Å². The van der Waals surface area contributed by atoms with Gasteiger partial charge in [0.25, 0.3) is 5.91 Å². The lowest BCUT2D eigenvalue weighted by molar-refractivity contribution is 0.0563. The number of methoxy groups -OCH3 is 1. The molecule has 1 rings (SSSR count). The molecule has 0 saturated carbocycles. The van der Waals surface area contributed by atoms with Crippen molar-refractivity contribution in [3.63, 3.8) is 0 Å². The van der Waals surface area contributed by atoms with E-state index >= 15 is 0 Å². The Morgan fingerprint density at radius 1 is 0.646 bits per heavy atom. The zero-order valence-electron chi connectivity index (χ0n) is 31.9. The predicted molar refractivity (Wildman–Crippen MR) is 204 cm³/mol. The molecule has 0 aliphatic rings. The molecule has 0 aromatic heterocycles. The van der Waals surface area contributed by atoms with E-state index in [2.05, 4.69) is 36.0 Å². The Hall–Kier alpha value is -1.67. The number of hydrogen-bond donors (Lipinski definition) is 3. The summed E-state index contributed by atoms with van der Waals surface area (Å²) in [6, 6.07) is 7.14. The van der Waals surface area contributed by atoms with Crippen LogP contribution in [0.2, 0.25) is 0 Å². The molecule has 0 bridgehead atoms. The van der Waals surface area contributed by atoms with Gasteiger partial charge in [0.15, 0.2) is 0 Å². The van der Waals surface area contributed by atoms with Crippen LogP contribution in [0, 0.1) is 0 Å². The van der Waals surface area contributed by atoms with Crippen molar-refractivity contribution in [3.05, 3.63) is 29.8 Å². The topological polar surface area (TPSA) is 85.3 Å². The second-order valence-electron chi connectivity index (χ2n) is 14.3. The van der Waals surface area contributed by atoms with Crippen molar-refractivity contribution in [2.45, 2.75) is 167 Å². The van der Waals surface area contributed by atoms with Crippen LogP contribution in [0.3, 0.4) is 0 Å². The zero-order valence-corrected chi connectivity index (χ0v) is 31.9. The standard InChI is InChI=1S/C41H77N3O4/c1-5-7-9-11-13-15-17-19-21-23-25-38(45)35-44(36-39(46)26-24-22-20-18-16-14-12-10-8-6-2)34-33-43(3)32-31-42-41(47)37-27-29-40(48-4)30-28-37/h27-30,38-39,45-46H,5-26,31-36H2,1-4H3,(H,42,47). The van der Waals surface area contributed by atoms with Crippen LogP contribution in [0.25, 0.3) is 0 Å². The van der Waals surface area contributed by atoms with Crippen LogP contribution in [0.5, 0.6) is 5.75 Å². The van der Waals surface area contributed by atoms with Crippen LogP contribution in [0.15, 0.2) is 24.3 Å². The number of amides is 1. The van der Waals surface area contributed by atoms with Crippen molar-refractivity contribution >= 4 is 5.91 Å². The highest BCUT2D eigenvalue weighted by atomic mass is 16.5. The number of hydrogen-bond acceptors (Lipinski definition) is 6. The van der Waals surface area contributed by atoms with Gasteiger partial charge < -0.3 is 25.2 Å². The molecule has 0 radical (unpaired) electrons. The van der Waals surface area contributed by atoms with Gasteiger partial charge in [-0.1, -0.05) is 142 Å². The van der Waals surface area contributed by atoms with Crippen molar-refractivity contribution in [1.29, 1.82) is 0 Å². The Morgan fingerprint density at radius 3 is 1.48 bits per heavy atom. The summed E-state index contributed by atoms with van der Waals surface area (Å²) in [5, 5.41) is 24.9. The van der Waals surface area contributed by atoms with E-state index in [0.717, 1.165) is 51.1 Å². The number of unbranched alkanes of at least 4 members (excludes halogenated alkanes) is 18. The number of carbonyl (C=O) groups excluding carboxylic acids is 1. The van der Waals surface area contributed by atoms with Gasteiger partial charge in [-0.05, 0) is 44.2 Å². The molecule has 0 heterocycles. The maximum Gasteiger partial charge on any atom is 0.251 e. The second kappa shape index (κ2) is 31.3. The Kier molecular flexibility index (Phi) is 28.9. The summed E-state index contributed by atoms with van der Waals surface area (Å²) in [7, 11) is 3.68. The average molecular weight is 676 g/mol. The van der Waals surface area contributed by atoms with Gasteiger partial charge in [-0.3, -0.25) is 9.69 Å². The lowest BCUT2D eigenvalue weighted by Gasteiger charge is -2.29. The molecular formula is C41H77N3O4. The summed E-state index contributed by atoms with van der Waals surface area (Å²) in [5.41, 5.74) is 0.623. The fourth-order valence-electron chi connectivity index (χ4n) is 6.40. The number of aliphatic hydroxyl groups excluding tert-OH is 2. The van der Waals surface area contributed by atoms with E-state index in [4.69, 9.17) is 4.74 Å². The maximum atomic E-state index is 12.5. The molecule has 7 nitrogen and oxygen atoms in total. The first-order valence-corrected chi connectivity index (χ1v) is 20.1. The normalized spacial score (nSPS) is 12.9. The number of nitrogens with one attached hydrogen (secondary N) is 1. The first-order valence-electron chi connectivity index (χ1n) is 20.1. The van der Waals surface area contributed by atoms with E-state index in [0.29, 0.717) is 25.2 Å². The fourth-order valence-corrected chi connectivity index (χ4v) is 6.40. The third-order valence-electron chi connectivity index (χ3n) is 9.65. The summed E-state index contributed by atoms with van der Waals surface area (Å²) in [4.78, 5) is 17.0. The molecule has 0 aliphatic heterocycles. The van der Waals surface area contributed by atoms with Crippen LogP contribution >= 0.6 is 0 Å². The zero-order chi connectivity index (χ0) is 35.1. The summed E-state index contributed by atoms with van der Waals surface area (Å²) in [6.45, 7) is 8.64. The molecule has 48 heavy (non-hydrogen) atoms. The molecule has 0 aliphatic carbocycles. The van der Waals surface area contributed by atoms with Crippen molar-refractivity contribution in [3.8, 4) is 5.75 Å². The van der Waals surface area contributed by atoms with Crippen molar-refractivity contribution in [1.82, 2.24) is 15.1 Å². The lowest BCUT2D eigenvalue weighted by Crippen LogP contribution is -2.43. The Morgan fingerprint density at radius 2 is 1.06 bits per heavy atom. The molecule has 3 N–H and O–H groups in total. The molecular weight excluding hydrogens is 598 g/mol. The van der Waals surface area contributed by atoms with Crippen molar-refractivity contribution in [2.24, 2.45) is 0 Å². The van der Waals surface area contributed by atoms with Crippen molar-refractivity contribution < 1.29 is 19.7 Å². The molecule has 1 aromatic rings. The number of carbonyl (C=O) groups is 1. The summed E-state index contributed by atoms with van der Waals surface area (Å²) in [5.74, 6) is 0.649. The highest BCUT2D eigenvalue weighted by Gasteiger charge is 2.17. The molecule has 7 heteroatoms. The van der Waals surface area contributed by atoms with Gasteiger partial charge in [-0.2, -0.15) is 0 Å². The highest BCUT2D eigenvalue weighted by Crippen LogP contribution is 2.15. The van der Waals surface area contributed by atoms with E-state index < -0.39 is 0 Å². The van der Waals surface area contributed by atoms with E-state index in [1.807, 2.05) is 0 Å². The third kappa shape index (κ3) is 25.3. The number of aliphatic hydroxyl groups is 2. The number of benzene rings is 1. The van der Waals surface area contributed by atoms with Crippen LogP contribution in [-0.2, 0) is 0 Å². The first-order chi connectivity index (χ1) is 23.4. The van der Waals surface area contributed by atoms with Gasteiger partial charge in [-0.15, -0.1) is 0 Å². The fraction of sp³-hybridized carbons (Fsp3) is 0.829. The SMILES string of the molecule is CCCCCCCCCCCCC(O)CN(CCN(C)CCNC(=O)c1ccc(OC)cc1)CC(O)CCCCCCCCCCCC. The van der Waals surface area contributed by atoms with Crippen LogP contribution in [0.4, 0.5) is 0 Å². The molecule has 1 amide bonds. The van der Waals surface area contributed by atoms with Crippen LogP contribution in [0.1, 0.15) is 165 Å². The molecule has 2 atom stereocenters. The molecule has 1 aromatic carbocycles. The minimum Gasteiger partial charge on any atom is -0.497 e. The largest absolute Gasteiger partial charge is 0.497 e. The minimum atomic E-state index is -0.363. The Bertz CT molecular complexity index is 821. The molecule has 280 valence electrons. The lowest BCUT2D eigenvalue weighted by atomic mass is 10.0. The third-order valence-corrected chi connectivity index (χ3v) is 9.65. The van der Waals surface area contributed by atoms with Gasteiger partial charge >= 0.3 is 0 Å². The van der Waals surface area contributed by atoms with Crippen LogP contribution < -0.4 is 10.1 Å². The smallest absolute Gasteiger partial charge is 0.251 e. The molecule has 0 spiro atoms. The predicted octanol–water partition coefficient (Wildman–Crippen LogP) is 9.00. The molecule has 0 saturated heterocycles. The molecule has 0 fully saturated rings. The monoisotopic (exact) mass is 676 g/mol. The summed E-state index contributed by atoms with van der Waals surface area (Å²) < 4.78 is 5.18. The minimum absolute atomic E-state index is 0.0853. The van der Waals surface area contributed by atoms with E-state index in [9.17, 15) is 15.0 Å². The number of nitrogens with zero attached hydrogens (tertiary/aromatic N) is 2. The highest BCUT2D eigenvalue weighted by molar-refractivity contribution is 5.94. The van der Waals surface area contributed by atoms with E-state index in [1.54, 1.807) is 31.4 Å². The van der Waals surface area contributed by atoms with Crippen LogP contribution in [-0.4, -0.2) is 91.6 Å². The van der Waals surface area contributed by atoms with Gasteiger partial charge in [0.1, 0.15) is 5.75 Å². The van der Waals surface area contributed by atoms with Gasteiger partial charge in [0.05, 0.1) is 19.3 Å². The Balaban J connectivity index is 2.41. The Labute approximate surface area is 296 Å². The number of likely N-dealkylation sites (N-methyl/N-ethyl adjacent to an activating group) is 1. The first kappa shape index (κ1) is 44.4. The average Bonchev–Trinajstić information content (AvgIpc) is 3.08. The van der Waals surface area contributed by atoms with Gasteiger partial charge in [0, 0.05) is 44.8 Å². The number of ether oxygens (including phenoxy) is 1. The second-order valence-corrected chi connectivity index (χ2v) is 14.3. The maximum absolute atomic E-state index is 12.5. The number of rotatable bonds is 34. The van der Waals surface area contributed by atoms with E-state index in [-0.39, 0.29) is 18.1 Å². The quantitative estimate of drug-likeness (QED) is 0.0633. The van der Waals surface area contributed by atoms with Gasteiger partial charge in [-0.25, -0.2) is 0 Å². The van der Waals surface area contributed by atoms with Crippen molar-refractivity contribution in [2.75, 3.05) is 53.4 Å². The summed E-state index contributed by atoms with van der Waals surface area (Å²) in [6.07, 6.45) is 26.9. The van der Waals surface area contributed by atoms with E-state index in [1.165, 1.54) is 116 Å².